The molecule has 0 spiro atoms. The Bertz CT molecular complexity index is 514. The molecular formula is C15H20O6. The van der Waals surface area contributed by atoms with Gasteiger partial charge in [0.25, 0.3) is 0 Å². The number of aliphatic hydroxyl groups is 4. The number of carbonyl (C=O) groups excluding carboxylic acids is 1. The van der Waals surface area contributed by atoms with E-state index >= 15 is 0 Å². The average Bonchev–Trinajstić information content (AvgIpc) is 2.42. The van der Waals surface area contributed by atoms with Crippen LogP contribution in [0.2, 0.25) is 0 Å². The van der Waals surface area contributed by atoms with E-state index in [0.717, 1.165) is 0 Å². The van der Waals surface area contributed by atoms with Crippen LogP contribution in [0.5, 0.6) is 0 Å². The number of rotatable bonds is 3. The molecule has 0 amide bonds. The average molecular weight is 296 g/mol. The van der Waals surface area contributed by atoms with Crippen LogP contribution in [0.25, 0.3) is 0 Å². The second kappa shape index (κ2) is 5.73. The zero-order chi connectivity index (χ0) is 15.8. The van der Waals surface area contributed by atoms with E-state index in [-0.39, 0.29) is 6.61 Å². The molecular weight excluding hydrogens is 276 g/mol. The van der Waals surface area contributed by atoms with E-state index in [0.29, 0.717) is 11.3 Å². The largest absolute Gasteiger partial charge is 0.493 e. The fourth-order valence-corrected chi connectivity index (χ4v) is 2.30. The highest BCUT2D eigenvalue weighted by Gasteiger charge is 2.47. The number of allylic oxidation sites excluding steroid dienone is 2. The fraction of sp³-hybridized carbons (Fsp3) is 0.533. The van der Waals surface area contributed by atoms with Crippen molar-refractivity contribution in [3.8, 4) is 0 Å². The molecule has 0 bridgehead atoms. The molecule has 0 aromatic carbocycles. The van der Waals surface area contributed by atoms with Crippen LogP contribution >= 0.6 is 0 Å². The third-order valence-electron chi connectivity index (χ3n) is 3.87. The molecule has 1 aliphatic heterocycles. The molecule has 1 heterocycles. The van der Waals surface area contributed by atoms with Crippen LogP contribution in [0.3, 0.4) is 0 Å². The van der Waals surface area contributed by atoms with Crippen LogP contribution in [0.15, 0.2) is 35.6 Å². The molecule has 2 aliphatic rings. The molecule has 4 N–H and O–H groups in total. The molecule has 21 heavy (non-hydrogen) atoms. The summed E-state index contributed by atoms with van der Waals surface area (Å²) in [7, 11) is 0. The van der Waals surface area contributed by atoms with Gasteiger partial charge < -0.3 is 25.2 Å². The first-order valence-corrected chi connectivity index (χ1v) is 6.78. The lowest BCUT2D eigenvalue weighted by Crippen LogP contribution is -2.54. The second-order valence-corrected chi connectivity index (χ2v) is 5.66. The summed E-state index contributed by atoms with van der Waals surface area (Å²) in [6.45, 7) is 2.87. The molecule has 0 radical (unpaired) electrons. The van der Waals surface area contributed by atoms with E-state index in [1.165, 1.54) is 32.1 Å². The minimum absolute atomic E-state index is 0.122. The molecule has 5 unspecified atom stereocenters. The number of ketones is 1. The van der Waals surface area contributed by atoms with E-state index in [1.54, 1.807) is 6.08 Å². The first-order valence-electron chi connectivity index (χ1n) is 6.78. The summed E-state index contributed by atoms with van der Waals surface area (Å²) in [6.07, 6.45) is 2.63. The van der Waals surface area contributed by atoms with Crippen molar-refractivity contribution in [2.45, 2.75) is 37.8 Å². The van der Waals surface area contributed by atoms with Crippen molar-refractivity contribution in [2.75, 3.05) is 6.61 Å². The van der Waals surface area contributed by atoms with Crippen molar-refractivity contribution in [2.24, 2.45) is 5.92 Å². The predicted molar refractivity (Wildman–Crippen MR) is 74.1 cm³/mol. The summed E-state index contributed by atoms with van der Waals surface area (Å²) < 4.78 is 5.43. The summed E-state index contributed by atoms with van der Waals surface area (Å²) in [5.41, 5.74) is -1.22. The van der Waals surface area contributed by atoms with Gasteiger partial charge in [0, 0.05) is 5.92 Å². The van der Waals surface area contributed by atoms with Crippen molar-refractivity contribution in [1.29, 1.82) is 0 Å². The third kappa shape index (κ3) is 3.08. The van der Waals surface area contributed by atoms with Gasteiger partial charge in [-0.2, -0.15) is 0 Å². The molecule has 0 saturated carbocycles. The van der Waals surface area contributed by atoms with Crippen LogP contribution in [-0.2, 0) is 9.53 Å². The Hall–Kier alpha value is -1.47. The fourth-order valence-electron chi connectivity index (χ4n) is 2.30. The highest BCUT2D eigenvalue weighted by molar-refractivity contribution is 5.99. The lowest BCUT2D eigenvalue weighted by molar-refractivity contribution is -0.150. The number of hydrogen-bond donors (Lipinski definition) is 4. The quantitative estimate of drug-likeness (QED) is 0.556. The van der Waals surface area contributed by atoms with Crippen LogP contribution in [0, 0.1) is 5.92 Å². The molecule has 6 heteroatoms. The number of hydrogen-bond acceptors (Lipinski definition) is 6. The Morgan fingerprint density at radius 1 is 1.43 bits per heavy atom. The van der Waals surface area contributed by atoms with Gasteiger partial charge in [0.05, 0.1) is 24.9 Å². The lowest BCUT2D eigenvalue weighted by Gasteiger charge is -2.39. The molecule has 0 saturated heterocycles. The van der Waals surface area contributed by atoms with Gasteiger partial charge >= 0.3 is 0 Å². The number of aliphatic hydroxyl groups excluding tert-OH is 3. The highest BCUT2D eigenvalue weighted by atomic mass is 16.5. The number of ether oxygens (including phenoxy) is 1. The maximum Gasteiger partial charge on any atom is 0.189 e. The van der Waals surface area contributed by atoms with Gasteiger partial charge in [0.15, 0.2) is 11.4 Å². The molecule has 0 aromatic rings. The topological polar surface area (TPSA) is 107 Å². The van der Waals surface area contributed by atoms with E-state index in [2.05, 4.69) is 0 Å². The SMILES string of the molecule is CC(O)C(O)C=CC1=CC2=CC(=O)C(C)(O)C(O)C2CO1. The van der Waals surface area contributed by atoms with Crippen molar-refractivity contribution in [1.82, 2.24) is 0 Å². The number of carbonyl (C=O) groups is 1. The summed E-state index contributed by atoms with van der Waals surface area (Å²) >= 11 is 0. The Morgan fingerprint density at radius 2 is 2.10 bits per heavy atom. The van der Waals surface area contributed by atoms with Crippen molar-refractivity contribution >= 4 is 5.78 Å². The maximum absolute atomic E-state index is 11.8. The molecule has 0 fully saturated rings. The first kappa shape index (κ1) is 15.9. The van der Waals surface area contributed by atoms with E-state index in [9.17, 15) is 25.2 Å². The van der Waals surface area contributed by atoms with Crippen LogP contribution in [-0.4, -0.2) is 56.7 Å². The monoisotopic (exact) mass is 296 g/mol. The van der Waals surface area contributed by atoms with E-state index in [4.69, 9.17) is 4.74 Å². The standard InChI is InChI=1S/C15H20O6/c1-8(16)12(17)4-3-10-5-9-6-13(18)15(2,20)14(19)11(9)7-21-10/h3-6,8,11-12,14,16-17,19-20H,7H2,1-2H3. The number of fused-ring (bicyclic) bond motifs is 1. The molecule has 1 aliphatic carbocycles. The molecule has 6 nitrogen and oxygen atoms in total. The van der Waals surface area contributed by atoms with Gasteiger partial charge in [-0.05, 0) is 43.7 Å². The predicted octanol–water partition coefficient (Wildman–Crippen LogP) is -0.564. The second-order valence-electron chi connectivity index (χ2n) is 5.66. The normalized spacial score (nSPS) is 35.6. The molecule has 116 valence electrons. The smallest absolute Gasteiger partial charge is 0.189 e. The lowest BCUT2D eigenvalue weighted by atomic mass is 9.75. The first-order chi connectivity index (χ1) is 9.73. The van der Waals surface area contributed by atoms with Crippen LogP contribution in [0.4, 0.5) is 0 Å². The van der Waals surface area contributed by atoms with Gasteiger partial charge in [-0.3, -0.25) is 4.79 Å². The molecule has 2 rings (SSSR count). The van der Waals surface area contributed by atoms with E-state index in [1.807, 2.05) is 0 Å². The summed E-state index contributed by atoms with van der Waals surface area (Å²) in [4.78, 5) is 11.8. The van der Waals surface area contributed by atoms with Gasteiger partial charge in [-0.1, -0.05) is 0 Å². The van der Waals surface area contributed by atoms with Crippen molar-refractivity contribution < 1.29 is 30.0 Å². The Labute approximate surface area is 122 Å². The maximum atomic E-state index is 11.8. The summed E-state index contributed by atoms with van der Waals surface area (Å²) in [5, 5.41) is 38.7. The Morgan fingerprint density at radius 3 is 2.71 bits per heavy atom. The Balaban J connectivity index is 2.22. The van der Waals surface area contributed by atoms with Gasteiger partial charge in [-0.25, -0.2) is 0 Å². The van der Waals surface area contributed by atoms with Gasteiger partial charge in [0.1, 0.15) is 5.76 Å². The minimum atomic E-state index is -1.80. The zero-order valence-corrected chi connectivity index (χ0v) is 11.9. The van der Waals surface area contributed by atoms with Crippen LogP contribution < -0.4 is 0 Å². The zero-order valence-electron chi connectivity index (χ0n) is 11.9. The minimum Gasteiger partial charge on any atom is -0.493 e. The van der Waals surface area contributed by atoms with Crippen molar-refractivity contribution in [3.63, 3.8) is 0 Å². The van der Waals surface area contributed by atoms with Crippen LogP contribution in [0.1, 0.15) is 13.8 Å². The third-order valence-corrected chi connectivity index (χ3v) is 3.87. The van der Waals surface area contributed by atoms with Gasteiger partial charge in [-0.15, -0.1) is 0 Å². The van der Waals surface area contributed by atoms with Crippen molar-refractivity contribution in [3.05, 3.63) is 35.6 Å². The van der Waals surface area contributed by atoms with Gasteiger partial charge in [0.2, 0.25) is 0 Å². The molecule has 0 aromatic heterocycles. The Kier molecular flexibility index (Phi) is 4.34. The molecule has 5 atom stereocenters. The summed E-state index contributed by atoms with van der Waals surface area (Å²) in [5.74, 6) is -0.609. The summed E-state index contributed by atoms with van der Waals surface area (Å²) in [6, 6.07) is 0. The highest BCUT2D eigenvalue weighted by Crippen LogP contribution is 2.35. The van der Waals surface area contributed by atoms with E-state index < -0.39 is 35.6 Å².